The highest BCUT2D eigenvalue weighted by Gasteiger charge is 2.22. The number of amides is 2. The van der Waals surface area contributed by atoms with E-state index in [2.05, 4.69) is 41.6 Å². The van der Waals surface area contributed by atoms with Gasteiger partial charge in [-0.15, -0.1) is 5.10 Å². The molecule has 7 nitrogen and oxygen atoms in total. The minimum absolute atomic E-state index is 0.0786. The van der Waals surface area contributed by atoms with E-state index in [4.69, 9.17) is 0 Å². The van der Waals surface area contributed by atoms with Crippen molar-refractivity contribution in [2.24, 2.45) is 0 Å². The summed E-state index contributed by atoms with van der Waals surface area (Å²) in [6.07, 6.45) is 5.60. The zero-order chi connectivity index (χ0) is 20.8. The SMILES string of the molecule is CCC(=CC(=O)N1Cc2ccc(CNC(=O)Cc3cn(CC)nn3)cc2C1)CC. The lowest BCUT2D eigenvalue weighted by Crippen LogP contribution is -2.24. The molecule has 1 N–H and O–H groups in total. The number of nitrogens with one attached hydrogen (secondary N) is 1. The van der Waals surface area contributed by atoms with Gasteiger partial charge < -0.3 is 10.2 Å². The largest absolute Gasteiger partial charge is 0.352 e. The first-order chi connectivity index (χ1) is 14.0. The monoisotopic (exact) mass is 395 g/mol. The van der Waals surface area contributed by atoms with Crippen LogP contribution in [0.2, 0.25) is 0 Å². The second-order valence-corrected chi connectivity index (χ2v) is 7.33. The minimum atomic E-state index is -0.0812. The average molecular weight is 396 g/mol. The van der Waals surface area contributed by atoms with E-state index < -0.39 is 0 Å². The van der Waals surface area contributed by atoms with Crippen molar-refractivity contribution < 1.29 is 9.59 Å². The lowest BCUT2D eigenvalue weighted by Gasteiger charge is -2.13. The third-order valence-electron chi connectivity index (χ3n) is 5.28. The van der Waals surface area contributed by atoms with Gasteiger partial charge in [-0.2, -0.15) is 0 Å². The molecule has 0 aliphatic carbocycles. The molecular formula is C22H29N5O2. The molecule has 0 saturated carbocycles. The summed E-state index contributed by atoms with van der Waals surface area (Å²) in [4.78, 5) is 26.6. The number of rotatable bonds is 8. The molecule has 29 heavy (non-hydrogen) atoms. The number of fused-ring (bicyclic) bond motifs is 1. The van der Waals surface area contributed by atoms with E-state index >= 15 is 0 Å². The molecule has 0 bridgehead atoms. The Balaban J connectivity index is 1.55. The van der Waals surface area contributed by atoms with Crippen molar-refractivity contribution in [3.8, 4) is 0 Å². The number of aryl methyl sites for hydroxylation is 1. The van der Waals surface area contributed by atoms with Gasteiger partial charge in [-0.3, -0.25) is 14.3 Å². The van der Waals surface area contributed by atoms with Gasteiger partial charge in [-0.1, -0.05) is 42.8 Å². The summed E-state index contributed by atoms with van der Waals surface area (Å²) >= 11 is 0. The molecule has 2 aromatic rings. The van der Waals surface area contributed by atoms with Crippen molar-refractivity contribution in [1.82, 2.24) is 25.2 Å². The van der Waals surface area contributed by atoms with E-state index in [1.165, 1.54) is 11.1 Å². The third kappa shape index (κ3) is 5.31. The fourth-order valence-electron chi connectivity index (χ4n) is 3.44. The van der Waals surface area contributed by atoms with Crippen molar-refractivity contribution in [2.75, 3.05) is 0 Å². The Hall–Kier alpha value is -2.96. The summed E-state index contributed by atoms with van der Waals surface area (Å²) < 4.78 is 1.70. The Morgan fingerprint density at radius 2 is 1.90 bits per heavy atom. The van der Waals surface area contributed by atoms with Gasteiger partial charge in [0.25, 0.3) is 0 Å². The van der Waals surface area contributed by atoms with Crippen molar-refractivity contribution in [3.63, 3.8) is 0 Å². The van der Waals surface area contributed by atoms with Crippen LogP contribution in [0, 0.1) is 0 Å². The smallest absolute Gasteiger partial charge is 0.247 e. The normalized spacial score (nSPS) is 12.6. The van der Waals surface area contributed by atoms with Gasteiger partial charge >= 0.3 is 0 Å². The predicted octanol–water partition coefficient (Wildman–Crippen LogP) is 2.75. The van der Waals surface area contributed by atoms with Crippen LogP contribution in [-0.4, -0.2) is 31.7 Å². The summed E-state index contributed by atoms with van der Waals surface area (Å²) in [7, 11) is 0. The highest BCUT2D eigenvalue weighted by Crippen LogP contribution is 2.24. The number of carbonyl (C=O) groups excluding carboxylic acids is 2. The molecule has 7 heteroatoms. The van der Waals surface area contributed by atoms with E-state index in [-0.39, 0.29) is 18.2 Å². The van der Waals surface area contributed by atoms with Gasteiger partial charge in [0.2, 0.25) is 11.8 Å². The Morgan fingerprint density at radius 3 is 2.59 bits per heavy atom. The summed E-state index contributed by atoms with van der Waals surface area (Å²) in [6, 6.07) is 6.15. The van der Waals surface area contributed by atoms with Crippen molar-refractivity contribution in [3.05, 3.63) is 58.4 Å². The van der Waals surface area contributed by atoms with Gasteiger partial charge in [0.1, 0.15) is 0 Å². The van der Waals surface area contributed by atoms with Crippen molar-refractivity contribution >= 4 is 11.8 Å². The summed E-state index contributed by atoms with van der Waals surface area (Å²) in [5, 5.41) is 10.9. The molecule has 0 spiro atoms. The zero-order valence-electron chi connectivity index (χ0n) is 17.4. The highest BCUT2D eigenvalue weighted by atomic mass is 16.2. The standard InChI is InChI=1S/C22H29N5O2/c1-4-16(5-2)10-22(29)26-13-18-8-7-17(9-19(18)14-26)12-23-21(28)11-20-15-27(6-3)25-24-20/h7-10,15H,4-6,11-14H2,1-3H3,(H,23,28). The van der Waals surface area contributed by atoms with E-state index in [0.717, 1.165) is 30.5 Å². The minimum Gasteiger partial charge on any atom is -0.352 e. The molecule has 0 radical (unpaired) electrons. The Bertz CT molecular complexity index is 910. The molecule has 0 fully saturated rings. The molecule has 0 saturated heterocycles. The molecule has 2 heterocycles. The van der Waals surface area contributed by atoms with Crippen LogP contribution in [0.5, 0.6) is 0 Å². The lowest BCUT2D eigenvalue weighted by molar-refractivity contribution is -0.126. The van der Waals surface area contributed by atoms with Crippen LogP contribution < -0.4 is 5.32 Å². The molecule has 0 unspecified atom stereocenters. The maximum absolute atomic E-state index is 12.5. The molecule has 2 amide bonds. The Labute approximate surface area is 171 Å². The maximum Gasteiger partial charge on any atom is 0.247 e. The maximum atomic E-state index is 12.5. The van der Waals surface area contributed by atoms with Gasteiger partial charge in [-0.25, -0.2) is 0 Å². The second-order valence-electron chi connectivity index (χ2n) is 7.33. The van der Waals surface area contributed by atoms with Gasteiger partial charge in [-0.05, 0) is 36.5 Å². The van der Waals surface area contributed by atoms with Crippen LogP contribution in [0.25, 0.3) is 0 Å². The molecular weight excluding hydrogens is 366 g/mol. The molecule has 1 aromatic carbocycles. The quantitative estimate of drug-likeness (QED) is 0.697. The van der Waals surface area contributed by atoms with E-state index in [0.29, 0.717) is 25.3 Å². The van der Waals surface area contributed by atoms with Crippen LogP contribution in [0.15, 0.2) is 36.0 Å². The first kappa shape index (κ1) is 20.8. The molecule has 1 aliphatic rings. The average Bonchev–Trinajstić information content (AvgIpc) is 3.36. The number of allylic oxidation sites excluding steroid dienone is 1. The first-order valence-electron chi connectivity index (χ1n) is 10.3. The van der Waals surface area contributed by atoms with E-state index in [9.17, 15) is 9.59 Å². The molecule has 0 atom stereocenters. The fraction of sp³-hybridized carbons (Fsp3) is 0.455. The number of nitrogens with zero attached hydrogens (tertiary/aromatic N) is 4. The number of hydrogen-bond acceptors (Lipinski definition) is 4. The van der Waals surface area contributed by atoms with Crippen molar-refractivity contribution in [1.29, 1.82) is 0 Å². The van der Waals surface area contributed by atoms with Crippen LogP contribution in [-0.2, 0) is 42.2 Å². The number of benzene rings is 1. The summed E-state index contributed by atoms with van der Waals surface area (Å²) in [5.41, 5.74) is 5.20. The second kappa shape index (κ2) is 9.49. The Kier molecular flexibility index (Phi) is 6.80. The number of carbonyl (C=O) groups is 2. The van der Waals surface area contributed by atoms with Crippen LogP contribution in [0.3, 0.4) is 0 Å². The molecule has 1 aromatic heterocycles. The highest BCUT2D eigenvalue weighted by molar-refractivity contribution is 5.88. The van der Waals surface area contributed by atoms with Gasteiger partial charge in [0.15, 0.2) is 0 Å². The summed E-state index contributed by atoms with van der Waals surface area (Å²) in [6.45, 7) is 8.58. The third-order valence-corrected chi connectivity index (χ3v) is 5.28. The summed E-state index contributed by atoms with van der Waals surface area (Å²) in [5.74, 6) is -0.00266. The molecule has 154 valence electrons. The topological polar surface area (TPSA) is 80.1 Å². The number of aromatic nitrogens is 3. The van der Waals surface area contributed by atoms with Crippen LogP contribution in [0.1, 0.15) is 56.0 Å². The number of hydrogen-bond donors (Lipinski definition) is 1. The van der Waals surface area contributed by atoms with E-state index in [1.807, 2.05) is 17.9 Å². The van der Waals surface area contributed by atoms with Gasteiger partial charge in [0.05, 0.1) is 12.1 Å². The fourth-order valence-corrected chi connectivity index (χ4v) is 3.44. The zero-order valence-corrected chi connectivity index (χ0v) is 17.4. The van der Waals surface area contributed by atoms with Crippen molar-refractivity contribution in [2.45, 2.75) is 66.2 Å². The first-order valence-corrected chi connectivity index (χ1v) is 10.3. The van der Waals surface area contributed by atoms with E-state index in [1.54, 1.807) is 17.0 Å². The van der Waals surface area contributed by atoms with Gasteiger partial charge in [0, 0.05) is 38.5 Å². The Morgan fingerprint density at radius 1 is 1.14 bits per heavy atom. The predicted molar refractivity (Wildman–Crippen MR) is 111 cm³/mol. The van der Waals surface area contributed by atoms with Crippen LogP contribution >= 0.6 is 0 Å². The van der Waals surface area contributed by atoms with Crippen LogP contribution in [0.4, 0.5) is 0 Å². The lowest BCUT2D eigenvalue weighted by atomic mass is 10.1. The molecule has 3 rings (SSSR count). The molecule has 1 aliphatic heterocycles.